The predicted molar refractivity (Wildman–Crippen MR) is 83.7 cm³/mol. The SMILES string of the molecule is O=C([C@@H]1CC(=O)N(c2ccc3c(c2)OCCO3)C1)N1CCCC1. The van der Waals surface area contributed by atoms with Crippen molar-refractivity contribution in [2.24, 2.45) is 5.92 Å². The number of carbonyl (C=O) groups is 2. The summed E-state index contributed by atoms with van der Waals surface area (Å²) < 4.78 is 11.1. The molecular formula is C17H20N2O4. The lowest BCUT2D eigenvalue weighted by molar-refractivity contribution is -0.134. The van der Waals surface area contributed by atoms with Crippen LogP contribution in [-0.2, 0) is 9.59 Å². The molecule has 0 saturated carbocycles. The quantitative estimate of drug-likeness (QED) is 0.828. The molecule has 122 valence electrons. The van der Waals surface area contributed by atoms with Gasteiger partial charge in [-0.2, -0.15) is 0 Å². The lowest BCUT2D eigenvalue weighted by Crippen LogP contribution is -2.35. The van der Waals surface area contributed by atoms with Gasteiger partial charge in [0.05, 0.1) is 5.92 Å². The Kier molecular flexibility index (Phi) is 3.59. The fourth-order valence-electron chi connectivity index (χ4n) is 3.52. The summed E-state index contributed by atoms with van der Waals surface area (Å²) in [4.78, 5) is 28.4. The minimum atomic E-state index is -0.228. The number of amides is 2. The summed E-state index contributed by atoms with van der Waals surface area (Å²) in [5.41, 5.74) is 0.774. The van der Waals surface area contributed by atoms with Crippen molar-refractivity contribution in [3.63, 3.8) is 0 Å². The number of rotatable bonds is 2. The van der Waals surface area contributed by atoms with Gasteiger partial charge in [0.1, 0.15) is 13.2 Å². The molecule has 1 atom stereocenters. The van der Waals surface area contributed by atoms with Gasteiger partial charge in [-0.15, -0.1) is 0 Å². The first-order chi connectivity index (χ1) is 11.2. The van der Waals surface area contributed by atoms with Crippen LogP contribution in [0.3, 0.4) is 0 Å². The van der Waals surface area contributed by atoms with E-state index in [9.17, 15) is 9.59 Å². The molecule has 4 rings (SSSR count). The summed E-state index contributed by atoms with van der Waals surface area (Å²) in [6.07, 6.45) is 2.43. The Morgan fingerprint density at radius 1 is 1.09 bits per heavy atom. The number of fused-ring (bicyclic) bond motifs is 1. The van der Waals surface area contributed by atoms with E-state index in [1.54, 1.807) is 4.90 Å². The number of benzene rings is 1. The second-order valence-corrected chi connectivity index (χ2v) is 6.27. The normalized spacial score (nSPS) is 23.5. The third-order valence-electron chi connectivity index (χ3n) is 4.73. The molecule has 0 unspecified atom stereocenters. The average molecular weight is 316 g/mol. The molecule has 3 aliphatic rings. The van der Waals surface area contributed by atoms with E-state index in [1.807, 2.05) is 23.1 Å². The van der Waals surface area contributed by atoms with Crippen LogP contribution in [0.5, 0.6) is 11.5 Å². The number of likely N-dealkylation sites (tertiary alicyclic amines) is 1. The Bertz CT molecular complexity index is 639. The molecule has 2 saturated heterocycles. The van der Waals surface area contributed by atoms with Crippen LogP contribution in [0.25, 0.3) is 0 Å². The van der Waals surface area contributed by atoms with Gasteiger partial charge in [-0.05, 0) is 25.0 Å². The van der Waals surface area contributed by atoms with E-state index >= 15 is 0 Å². The van der Waals surface area contributed by atoms with E-state index in [2.05, 4.69) is 0 Å². The smallest absolute Gasteiger partial charge is 0.228 e. The predicted octanol–water partition coefficient (Wildman–Crippen LogP) is 1.43. The van der Waals surface area contributed by atoms with Crippen molar-refractivity contribution >= 4 is 17.5 Å². The maximum atomic E-state index is 12.5. The van der Waals surface area contributed by atoms with Gasteiger partial charge in [0.2, 0.25) is 11.8 Å². The molecule has 23 heavy (non-hydrogen) atoms. The fourth-order valence-corrected chi connectivity index (χ4v) is 3.52. The van der Waals surface area contributed by atoms with E-state index in [4.69, 9.17) is 9.47 Å². The van der Waals surface area contributed by atoms with Gasteiger partial charge in [-0.25, -0.2) is 0 Å². The zero-order chi connectivity index (χ0) is 15.8. The van der Waals surface area contributed by atoms with Crippen LogP contribution in [-0.4, -0.2) is 49.6 Å². The average Bonchev–Trinajstić information content (AvgIpc) is 3.23. The number of nitrogens with zero attached hydrogens (tertiary/aromatic N) is 2. The Morgan fingerprint density at radius 3 is 2.61 bits per heavy atom. The van der Waals surface area contributed by atoms with Crippen molar-refractivity contribution in [1.82, 2.24) is 4.90 Å². The zero-order valence-electron chi connectivity index (χ0n) is 13.0. The van der Waals surface area contributed by atoms with Gasteiger partial charge in [0, 0.05) is 37.8 Å². The summed E-state index contributed by atoms with van der Waals surface area (Å²) in [7, 11) is 0. The van der Waals surface area contributed by atoms with Crippen LogP contribution in [0.2, 0.25) is 0 Å². The summed E-state index contributed by atoms with van der Waals surface area (Å²) in [6.45, 7) is 3.16. The molecule has 1 aromatic rings. The molecule has 0 aromatic heterocycles. The second-order valence-electron chi connectivity index (χ2n) is 6.27. The topological polar surface area (TPSA) is 59.1 Å². The molecule has 0 radical (unpaired) electrons. The van der Waals surface area contributed by atoms with E-state index in [1.165, 1.54) is 0 Å². The molecule has 2 fully saturated rings. The zero-order valence-corrected chi connectivity index (χ0v) is 13.0. The first kappa shape index (κ1) is 14.4. The molecular weight excluding hydrogens is 296 g/mol. The van der Waals surface area contributed by atoms with Crippen molar-refractivity contribution in [1.29, 1.82) is 0 Å². The van der Waals surface area contributed by atoms with Gasteiger partial charge < -0.3 is 19.3 Å². The van der Waals surface area contributed by atoms with Crippen molar-refractivity contribution in [2.45, 2.75) is 19.3 Å². The Morgan fingerprint density at radius 2 is 1.83 bits per heavy atom. The van der Waals surface area contributed by atoms with Crippen LogP contribution in [0.4, 0.5) is 5.69 Å². The fraction of sp³-hybridized carbons (Fsp3) is 0.529. The highest BCUT2D eigenvalue weighted by Gasteiger charge is 2.38. The number of ether oxygens (including phenoxy) is 2. The van der Waals surface area contributed by atoms with Gasteiger partial charge in [-0.3, -0.25) is 9.59 Å². The summed E-state index contributed by atoms with van der Waals surface area (Å²) >= 11 is 0. The van der Waals surface area contributed by atoms with Crippen molar-refractivity contribution in [3.8, 4) is 11.5 Å². The van der Waals surface area contributed by atoms with Crippen LogP contribution in [0.15, 0.2) is 18.2 Å². The van der Waals surface area contributed by atoms with Gasteiger partial charge in [-0.1, -0.05) is 0 Å². The molecule has 0 bridgehead atoms. The van der Waals surface area contributed by atoms with Crippen LogP contribution < -0.4 is 14.4 Å². The molecule has 0 aliphatic carbocycles. The minimum absolute atomic E-state index is 0.000718. The Balaban J connectivity index is 1.51. The lowest BCUT2D eigenvalue weighted by Gasteiger charge is -2.23. The maximum Gasteiger partial charge on any atom is 0.228 e. The lowest BCUT2D eigenvalue weighted by atomic mass is 10.1. The largest absolute Gasteiger partial charge is 0.486 e. The second kappa shape index (κ2) is 5.76. The number of anilines is 1. The van der Waals surface area contributed by atoms with Crippen LogP contribution >= 0.6 is 0 Å². The molecule has 0 N–H and O–H groups in total. The summed E-state index contributed by atoms with van der Waals surface area (Å²) in [5, 5.41) is 0. The highest BCUT2D eigenvalue weighted by molar-refractivity contribution is 6.00. The van der Waals surface area contributed by atoms with E-state index < -0.39 is 0 Å². The first-order valence-corrected chi connectivity index (χ1v) is 8.21. The Labute approximate surface area is 134 Å². The van der Waals surface area contributed by atoms with E-state index in [0.717, 1.165) is 31.6 Å². The van der Waals surface area contributed by atoms with E-state index in [-0.39, 0.29) is 17.7 Å². The molecule has 6 heteroatoms. The highest BCUT2D eigenvalue weighted by atomic mass is 16.6. The van der Waals surface area contributed by atoms with Crippen LogP contribution in [0, 0.1) is 5.92 Å². The van der Waals surface area contributed by atoms with Crippen LogP contribution in [0.1, 0.15) is 19.3 Å². The third-order valence-corrected chi connectivity index (χ3v) is 4.73. The first-order valence-electron chi connectivity index (χ1n) is 8.21. The minimum Gasteiger partial charge on any atom is -0.486 e. The Hall–Kier alpha value is -2.24. The van der Waals surface area contributed by atoms with Gasteiger partial charge in [0.15, 0.2) is 11.5 Å². The molecule has 3 heterocycles. The molecule has 2 amide bonds. The van der Waals surface area contributed by atoms with Gasteiger partial charge in [0.25, 0.3) is 0 Å². The molecule has 0 spiro atoms. The number of hydrogen-bond acceptors (Lipinski definition) is 4. The molecule has 3 aliphatic heterocycles. The van der Waals surface area contributed by atoms with Crippen molar-refractivity contribution in [2.75, 3.05) is 37.7 Å². The maximum absolute atomic E-state index is 12.5. The summed E-state index contributed by atoms with van der Waals surface area (Å²) in [6, 6.07) is 5.51. The third kappa shape index (κ3) is 2.62. The molecule has 6 nitrogen and oxygen atoms in total. The molecule has 1 aromatic carbocycles. The number of carbonyl (C=O) groups excluding carboxylic acids is 2. The highest BCUT2D eigenvalue weighted by Crippen LogP contribution is 2.36. The van der Waals surface area contributed by atoms with Crippen molar-refractivity contribution in [3.05, 3.63) is 18.2 Å². The van der Waals surface area contributed by atoms with E-state index in [0.29, 0.717) is 37.7 Å². The monoisotopic (exact) mass is 316 g/mol. The number of hydrogen-bond donors (Lipinski definition) is 0. The summed E-state index contributed by atoms with van der Waals surface area (Å²) in [5.74, 6) is 1.26. The van der Waals surface area contributed by atoms with Gasteiger partial charge >= 0.3 is 0 Å². The van der Waals surface area contributed by atoms with Crippen molar-refractivity contribution < 1.29 is 19.1 Å². The standard InChI is InChI=1S/C17H20N2O4/c20-16-9-12(17(21)18-5-1-2-6-18)11-19(16)13-3-4-14-15(10-13)23-8-7-22-14/h3-4,10,12H,1-2,5-9,11H2/t12-/m1/s1.